The molecule has 0 unspecified atom stereocenters. The number of thioether (sulfide) groups is 1. The summed E-state index contributed by atoms with van der Waals surface area (Å²) in [4.78, 5) is 12.0. The summed E-state index contributed by atoms with van der Waals surface area (Å²) in [6, 6.07) is 30.1. The summed E-state index contributed by atoms with van der Waals surface area (Å²) in [5.74, 6) is 0.430. The SMILES string of the molecule is CCCCO[C@H]1O[C@H](CSC(C)=O)[C@H](OCc2ccccc2)[C@H](OCc2ccccc2)[C@H]1OCc1ccccc1. The Bertz CT molecular complexity index is 1110. The Kier molecular flexibility index (Phi) is 12.7. The van der Waals surface area contributed by atoms with Gasteiger partial charge in [0.25, 0.3) is 0 Å². The van der Waals surface area contributed by atoms with E-state index in [9.17, 15) is 4.79 Å². The number of hydrogen-bond donors (Lipinski definition) is 0. The molecular formula is C33H40O6S. The van der Waals surface area contributed by atoms with Crippen molar-refractivity contribution in [3.63, 3.8) is 0 Å². The summed E-state index contributed by atoms with van der Waals surface area (Å²) in [6.07, 6.45) is -0.704. The molecule has 0 spiro atoms. The lowest BCUT2D eigenvalue weighted by atomic mass is 9.98. The van der Waals surface area contributed by atoms with Gasteiger partial charge in [0, 0.05) is 19.3 Å². The summed E-state index contributed by atoms with van der Waals surface area (Å²) >= 11 is 1.23. The first kappa shape index (κ1) is 30.4. The smallest absolute Gasteiger partial charge is 0.186 e. The van der Waals surface area contributed by atoms with Gasteiger partial charge in [-0.25, -0.2) is 0 Å². The standard InChI is InChI=1S/C33H40O6S/c1-3-4-20-35-33-32(38-23-28-18-12-7-13-19-28)31(37-22-27-16-10-6-11-17-27)30(29(39-33)24-40-25(2)34)36-21-26-14-8-5-9-15-26/h5-19,29-33H,3-4,20-24H2,1-2H3/t29-,30+,31+,32-,33+/m1/s1. The molecule has 4 rings (SSSR count). The van der Waals surface area contributed by atoms with Gasteiger partial charge in [-0.3, -0.25) is 4.79 Å². The normalized spacial score (nSPS) is 22.7. The molecule has 7 heteroatoms. The molecule has 0 aromatic heterocycles. The van der Waals surface area contributed by atoms with E-state index in [0.717, 1.165) is 29.5 Å². The molecule has 0 N–H and O–H groups in total. The van der Waals surface area contributed by atoms with Crippen LogP contribution in [-0.2, 0) is 48.3 Å². The van der Waals surface area contributed by atoms with Crippen LogP contribution in [0.3, 0.4) is 0 Å². The van der Waals surface area contributed by atoms with Crippen molar-refractivity contribution >= 4 is 16.9 Å². The van der Waals surface area contributed by atoms with Crippen LogP contribution in [0.1, 0.15) is 43.4 Å². The highest BCUT2D eigenvalue weighted by Gasteiger charge is 2.49. The minimum absolute atomic E-state index is 0.0260. The van der Waals surface area contributed by atoms with Crippen molar-refractivity contribution in [1.29, 1.82) is 0 Å². The van der Waals surface area contributed by atoms with Crippen LogP contribution in [0.5, 0.6) is 0 Å². The molecule has 0 saturated carbocycles. The second-order valence-corrected chi connectivity index (χ2v) is 11.1. The van der Waals surface area contributed by atoms with Crippen LogP contribution >= 0.6 is 11.8 Å². The third-order valence-corrected chi connectivity index (χ3v) is 7.58. The van der Waals surface area contributed by atoms with Gasteiger partial charge in [0.2, 0.25) is 0 Å². The maximum atomic E-state index is 12.0. The molecule has 6 nitrogen and oxygen atoms in total. The molecule has 1 heterocycles. The Morgan fingerprint density at radius 3 is 1.65 bits per heavy atom. The van der Waals surface area contributed by atoms with Gasteiger partial charge in [0.15, 0.2) is 11.4 Å². The molecule has 3 aromatic carbocycles. The summed E-state index contributed by atoms with van der Waals surface area (Å²) in [5.41, 5.74) is 3.15. The Hall–Kier alpha value is -2.52. The summed E-state index contributed by atoms with van der Waals surface area (Å²) in [7, 11) is 0. The monoisotopic (exact) mass is 564 g/mol. The quantitative estimate of drug-likeness (QED) is 0.194. The van der Waals surface area contributed by atoms with Gasteiger partial charge in [-0.05, 0) is 23.1 Å². The van der Waals surface area contributed by atoms with E-state index in [-0.39, 0.29) is 5.12 Å². The van der Waals surface area contributed by atoms with E-state index in [1.807, 2.05) is 91.0 Å². The second-order valence-electron chi connectivity index (χ2n) is 9.85. The number of hydrogen-bond acceptors (Lipinski definition) is 7. The number of carbonyl (C=O) groups is 1. The van der Waals surface area contributed by atoms with Crippen LogP contribution in [0.4, 0.5) is 0 Å². The Morgan fingerprint density at radius 1 is 0.700 bits per heavy atom. The zero-order valence-electron chi connectivity index (χ0n) is 23.4. The Labute approximate surface area is 242 Å². The average molecular weight is 565 g/mol. The average Bonchev–Trinajstić information content (AvgIpc) is 2.99. The van der Waals surface area contributed by atoms with Crippen molar-refractivity contribution in [3.05, 3.63) is 108 Å². The fourth-order valence-corrected chi connectivity index (χ4v) is 5.22. The fraction of sp³-hybridized carbons (Fsp3) is 0.424. The highest BCUT2D eigenvalue weighted by Crippen LogP contribution is 2.33. The molecule has 0 aliphatic carbocycles. The first-order chi connectivity index (χ1) is 19.6. The van der Waals surface area contributed by atoms with Gasteiger partial charge in [-0.1, -0.05) is 116 Å². The molecule has 5 atom stereocenters. The minimum Gasteiger partial charge on any atom is -0.368 e. The lowest BCUT2D eigenvalue weighted by molar-refractivity contribution is -0.319. The van der Waals surface area contributed by atoms with E-state index in [1.165, 1.54) is 11.8 Å². The van der Waals surface area contributed by atoms with Crippen LogP contribution in [0.15, 0.2) is 91.0 Å². The van der Waals surface area contributed by atoms with E-state index in [1.54, 1.807) is 6.92 Å². The molecule has 1 saturated heterocycles. The predicted molar refractivity (Wildman–Crippen MR) is 158 cm³/mol. The van der Waals surface area contributed by atoms with Crippen molar-refractivity contribution in [2.75, 3.05) is 12.4 Å². The zero-order valence-corrected chi connectivity index (χ0v) is 24.2. The maximum Gasteiger partial charge on any atom is 0.186 e. The van der Waals surface area contributed by atoms with Crippen molar-refractivity contribution < 1.29 is 28.5 Å². The van der Waals surface area contributed by atoms with Crippen molar-refractivity contribution in [1.82, 2.24) is 0 Å². The topological polar surface area (TPSA) is 63.2 Å². The molecule has 1 aliphatic heterocycles. The summed E-state index contributed by atoms with van der Waals surface area (Å²) in [6.45, 7) is 5.38. The van der Waals surface area contributed by atoms with Crippen LogP contribution in [-0.4, -0.2) is 48.2 Å². The van der Waals surface area contributed by atoms with Crippen LogP contribution < -0.4 is 0 Å². The largest absolute Gasteiger partial charge is 0.368 e. The van der Waals surface area contributed by atoms with E-state index in [4.69, 9.17) is 23.7 Å². The molecule has 3 aromatic rings. The van der Waals surface area contributed by atoms with Crippen LogP contribution in [0.25, 0.3) is 0 Å². The highest BCUT2D eigenvalue weighted by atomic mass is 32.2. The van der Waals surface area contributed by atoms with Crippen molar-refractivity contribution in [2.45, 2.75) is 77.2 Å². The maximum absolute atomic E-state index is 12.0. The third kappa shape index (κ3) is 9.54. The number of ether oxygens (including phenoxy) is 5. The molecule has 40 heavy (non-hydrogen) atoms. The van der Waals surface area contributed by atoms with Gasteiger partial charge < -0.3 is 23.7 Å². The Balaban J connectivity index is 1.63. The van der Waals surface area contributed by atoms with E-state index in [2.05, 4.69) is 6.92 Å². The van der Waals surface area contributed by atoms with E-state index >= 15 is 0 Å². The van der Waals surface area contributed by atoms with Gasteiger partial charge in [0.1, 0.15) is 18.3 Å². The van der Waals surface area contributed by atoms with E-state index < -0.39 is 30.7 Å². The second kappa shape index (κ2) is 16.7. The number of rotatable bonds is 15. The lowest BCUT2D eigenvalue weighted by Gasteiger charge is -2.46. The van der Waals surface area contributed by atoms with Gasteiger partial charge >= 0.3 is 0 Å². The first-order valence-electron chi connectivity index (χ1n) is 14.0. The van der Waals surface area contributed by atoms with Gasteiger partial charge in [-0.15, -0.1) is 0 Å². The zero-order chi connectivity index (χ0) is 28.0. The lowest BCUT2D eigenvalue weighted by Crippen LogP contribution is -2.61. The van der Waals surface area contributed by atoms with Crippen LogP contribution in [0, 0.1) is 0 Å². The first-order valence-corrected chi connectivity index (χ1v) is 15.0. The molecule has 0 amide bonds. The molecule has 214 valence electrons. The molecule has 0 bridgehead atoms. The predicted octanol–water partition coefficient (Wildman–Crippen LogP) is 6.56. The highest BCUT2D eigenvalue weighted by molar-refractivity contribution is 8.13. The number of unbranched alkanes of at least 4 members (excludes halogenated alkanes) is 1. The fourth-order valence-electron chi connectivity index (χ4n) is 4.56. The summed E-state index contributed by atoms with van der Waals surface area (Å²) < 4.78 is 32.6. The van der Waals surface area contributed by atoms with Crippen molar-refractivity contribution in [2.24, 2.45) is 0 Å². The molecule has 1 fully saturated rings. The van der Waals surface area contributed by atoms with E-state index in [0.29, 0.717) is 32.2 Å². The minimum atomic E-state index is -0.662. The third-order valence-electron chi connectivity index (χ3n) is 6.68. The van der Waals surface area contributed by atoms with Crippen LogP contribution in [0.2, 0.25) is 0 Å². The van der Waals surface area contributed by atoms with Gasteiger partial charge in [-0.2, -0.15) is 0 Å². The molecule has 0 radical (unpaired) electrons. The number of carbonyl (C=O) groups excluding carboxylic acids is 1. The Morgan fingerprint density at radius 2 is 1.18 bits per heavy atom. The molecular weight excluding hydrogens is 524 g/mol. The number of benzene rings is 3. The molecule has 1 aliphatic rings. The summed E-state index contributed by atoms with van der Waals surface area (Å²) in [5, 5.41) is 0.0260. The van der Waals surface area contributed by atoms with Gasteiger partial charge in [0.05, 0.1) is 25.9 Å². The van der Waals surface area contributed by atoms with Crippen molar-refractivity contribution in [3.8, 4) is 0 Å².